The van der Waals surface area contributed by atoms with Gasteiger partial charge in [0.25, 0.3) is 0 Å². The Morgan fingerprint density at radius 2 is 1.31 bits per heavy atom. The van der Waals surface area contributed by atoms with Crippen LogP contribution in [0.1, 0.15) is 22.3 Å². The molecule has 0 unspecified atom stereocenters. The third-order valence-electron chi connectivity index (χ3n) is 4.26. The topological polar surface area (TPSA) is 25.8 Å². The number of halogens is 2. The maximum Gasteiger partial charge on any atom is 0.0746 e. The van der Waals surface area contributed by atoms with E-state index in [4.69, 9.17) is 23.2 Å². The predicted octanol–water partition coefficient (Wildman–Crippen LogP) is 7.01. The van der Waals surface area contributed by atoms with Crippen molar-refractivity contribution in [2.24, 2.45) is 0 Å². The Kier molecular flexibility index (Phi) is 5.45. The number of hydrogen-bond acceptors (Lipinski definition) is 2. The Bertz CT molecular complexity index is 1100. The van der Waals surface area contributed by atoms with Gasteiger partial charge in [-0.1, -0.05) is 40.9 Å². The van der Waals surface area contributed by atoms with Crippen molar-refractivity contribution in [3.05, 3.63) is 81.1 Å². The SMILES string of the molecule is Cc1cc(C)c2c(Cl)ccnc2c1.Cc1cc(C)c2nccc(Cl)c2c1. The number of nitrogens with zero attached hydrogens (tertiary/aromatic N) is 2. The fourth-order valence-corrected chi connectivity index (χ4v) is 3.71. The zero-order chi connectivity index (χ0) is 18.8. The van der Waals surface area contributed by atoms with Gasteiger partial charge in [0.1, 0.15) is 0 Å². The highest BCUT2D eigenvalue weighted by atomic mass is 35.5. The minimum absolute atomic E-state index is 0.775. The van der Waals surface area contributed by atoms with Crippen LogP contribution in [0.15, 0.2) is 48.8 Å². The highest BCUT2D eigenvalue weighted by molar-refractivity contribution is 6.35. The molecule has 0 aliphatic carbocycles. The van der Waals surface area contributed by atoms with Crippen molar-refractivity contribution in [2.45, 2.75) is 27.7 Å². The maximum absolute atomic E-state index is 6.07. The van der Waals surface area contributed by atoms with Gasteiger partial charge in [0.2, 0.25) is 0 Å². The zero-order valence-electron chi connectivity index (χ0n) is 15.3. The average molecular weight is 383 g/mol. The van der Waals surface area contributed by atoms with Gasteiger partial charge in [-0.2, -0.15) is 0 Å². The molecule has 4 heteroatoms. The first-order valence-electron chi connectivity index (χ1n) is 8.39. The summed E-state index contributed by atoms with van der Waals surface area (Å²) < 4.78 is 0. The van der Waals surface area contributed by atoms with E-state index >= 15 is 0 Å². The number of aromatic nitrogens is 2. The van der Waals surface area contributed by atoms with E-state index in [0.29, 0.717) is 0 Å². The molecule has 4 rings (SSSR count). The van der Waals surface area contributed by atoms with E-state index in [1.165, 1.54) is 22.3 Å². The van der Waals surface area contributed by atoms with Crippen LogP contribution in [0, 0.1) is 27.7 Å². The molecule has 0 aliphatic rings. The van der Waals surface area contributed by atoms with Gasteiger partial charge < -0.3 is 0 Å². The molecule has 0 saturated heterocycles. The van der Waals surface area contributed by atoms with Crippen LogP contribution in [-0.4, -0.2) is 9.97 Å². The minimum atomic E-state index is 0.775. The highest BCUT2D eigenvalue weighted by Gasteiger charge is 2.03. The molecule has 0 spiro atoms. The molecule has 0 aliphatic heterocycles. The largest absolute Gasteiger partial charge is 0.256 e. The van der Waals surface area contributed by atoms with Crippen molar-refractivity contribution in [1.82, 2.24) is 9.97 Å². The summed E-state index contributed by atoms with van der Waals surface area (Å²) in [5, 5.41) is 3.66. The van der Waals surface area contributed by atoms with Crippen molar-refractivity contribution in [3.63, 3.8) is 0 Å². The number of hydrogen-bond donors (Lipinski definition) is 0. The fraction of sp³-hybridized carbons (Fsp3) is 0.182. The summed E-state index contributed by atoms with van der Waals surface area (Å²) in [5.74, 6) is 0. The van der Waals surface area contributed by atoms with E-state index in [9.17, 15) is 0 Å². The molecule has 0 bridgehead atoms. The second kappa shape index (κ2) is 7.61. The van der Waals surface area contributed by atoms with Gasteiger partial charge >= 0.3 is 0 Å². The summed E-state index contributed by atoms with van der Waals surface area (Å²) in [6.07, 6.45) is 3.48. The molecule has 2 nitrogen and oxygen atoms in total. The van der Waals surface area contributed by atoms with E-state index in [2.05, 4.69) is 55.9 Å². The van der Waals surface area contributed by atoms with Crippen molar-refractivity contribution < 1.29 is 0 Å². The van der Waals surface area contributed by atoms with Crippen LogP contribution >= 0.6 is 23.2 Å². The average Bonchev–Trinajstić information content (AvgIpc) is 2.56. The molecule has 0 amide bonds. The molecule has 4 aromatic rings. The lowest BCUT2D eigenvalue weighted by Gasteiger charge is -2.04. The van der Waals surface area contributed by atoms with E-state index < -0.39 is 0 Å². The van der Waals surface area contributed by atoms with Gasteiger partial charge in [0.05, 0.1) is 21.1 Å². The second-order valence-corrected chi connectivity index (χ2v) is 7.35. The number of benzene rings is 2. The standard InChI is InChI=1S/2C11H10ClN/c1-7-5-8(2)11-9(6-7)10(12)3-4-13-11;1-7-5-8(2)11-9(12)3-4-13-10(11)6-7/h2*3-6H,1-2H3. The van der Waals surface area contributed by atoms with Gasteiger partial charge in [-0.15, -0.1) is 0 Å². The highest BCUT2D eigenvalue weighted by Crippen LogP contribution is 2.26. The Labute approximate surface area is 163 Å². The lowest BCUT2D eigenvalue weighted by molar-refractivity contribution is 1.34. The van der Waals surface area contributed by atoms with Crippen LogP contribution in [0.25, 0.3) is 21.8 Å². The minimum Gasteiger partial charge on any atom is -0.256 e. The van der Waals surface area contributed by atoms with E-state index in [-0.39, 0.29) is 0 Å². The first-order valence-corrected chi connectivity index (χ1v) is 9.15. The fourth-order valence-electron chi connectivity index (χ4n) is 3.20. The number of rotatable bonds is 0. The molecule has 0 fully saturated rings. The first-order chi connectivity index (χ1) is 12.4. The summed E-state index contributed by atoms with van der Waals surface area (Å²) in [6, 6.07) is 12.0. The lowest BCUT2D eigenvalue weighted by atomic mass is 10.1. The summed E-state index contributed by atoms with van der Waals surface area (Å²) in [7, 11) is 0. The van der Waals surface area contributed by atoms with Gasteiger partial charge in [-0.3, -0.25) is 9.97 Å². The molecule has 2 aromatic heterocycles. The lowest BCUT2D eigenvalue weighted by Crippen LogP contribution is -1.85. The van der Waals surface area contributed by atoms with Crippen LogP contribution in [0.4, 0.5) is 0 Å². The maximum atomic E-state index is 6.07. The van der Waals surface area contributed by atoms with Crippen molar-refractivity contribution in [3.8, 4) is 0 Å². The van der Waals surface area contributed by atoms with Crippen LogP contribution in [0.5, 0.6) is 0 Å². The molecule has 0 saturated carbocycles. The van der Waals surface area contributed by atoms with Crippen molar-refractivity contribution >= 4 is 45.0 Å². The Hall–Kier alpha value is -2.16. The quantitative estimate of drug-likeness (QED) is 0.326. The molecular formula is C22H20Cl2N2. The number of aryl methyl sites for hydroxylation is 4. The molecule has 132 valence electrons. The third kappa shape index (κ3) is 3.82. The molecule has 0 atom stereocenters. The Morgan fingerprint density at radius 3 is 2.08 bits per heavy atom. The van der Waals surface area contributed by atoms with Gasteiger partial charge in [0.15, 0.2) is 0 Å². The summed E-state index contributed by atoms with van der Waals surface area (Å²) >= 11 is 12.1. The van der Waals surface area contributed by atoms with Crippen LogP contribution in [0.3, 0.4) is 0 Å². The first kappa shape index (κ1) is 18.6. The normalized spacial score (nSPS) is 10.7. The number of fused-ring (bicyclic) bond motifs is 2. The smallest absolute Gasteiger partial charge is 0.0746 e. The molecule has 0 radical (unpaired) electrons. The van der Waals surface area contributed by atoms with Gasteiger partial charge in [0, 0.05) is 23.2 Å². The summed E-state index contributed by atoms with van der Waals surface area (Å²) in [5.41, 5.74) is 6.79. The van der Waals surface area contributed by atoms with Crippen LogP contribution < -0.4 is 0 Å². The number of pyridine rings is 2. The molecule has 2 aromatic carbocycles. The van der Waals surface area contributed by atoms with Crippen LogP contribution in [-0.2, 0) is 0 Å². The van der Waals surface area contributed by atoms with E-state index in [1.54, 1.807) is 12.4 Å². The zero-order valence-corrected chi connectivity index (χ0v) is 16.8. The van der Waals surface area contributed by atoms with E-state index in [0.717, 1.165) is 31.9 Å². The predicted molar refractivity (Wildman–Crippen MR) is 112 cm³/mol. The van der Waals surface area contributed by atoms with Gasteiger partial charge in [-0.05, 0) is 68.7 Å². The summed E-state index contributed by atoms with van der Waals surface area (Å²) in [4.78, 5) is 8.58. The van der Waals surface area contributed by atoms with Gasteiger partial charge in [-0.25, -0.2) is 0 Å². The molecule has 26 heavy (non-hydrogen) atoms. The van der Waals surface area contributed by atoms with Crippen LogP contribution in [0.2, 0.25) is 10.0 Å². The summed E-state index contributed by atoms with van der Waals surface area (Å²) in [6.45, 7) is 8.24. The Morgan fingerprint density at radius 1 is 0.692 bits per heavy atom. The molecular weight excluding hydrogens is 363 g/mol. The second-order valence-electron chi connectivity index (χ2n) is 6.54. The van der Waals surface area contributed by atoms with Crippen molar-refractivity contribution in [2.75, 3.05) is 0 Å². The third-order valence-corrected chi connectivity index (χ3v) is 4.90. The van der Waals surface area contributed by atoms with E-state index in [1.807, 2.05) is 18.2 Å². The monoisotopic (exact) mass is 382 g/mol. The molecule has 0 N–H and O–H groups in total. The Balaban J connectivity index is 0.000000151. The molecule has 2 heterocycles. The van der Waals surface area contributed by atoms with Crippen molar-refractivity contribution in [1.29, 1.82) is 0 Å².